The van der Waals surface area contributed by atoms with E-state index in [4.69, 9.17) is 0 Å². The number of carbonyl (C=O) groups excluding carboxylic acids is 1. The van der Waals surface area contributed by atoms with Crippen LogP contribution >= 0.6 is 24.0 Å². The van der Waals surface area contributed by atoms with Gasteiger partial charge < -0.3 is 15.5 Å². The number of rotatable bonds is 6. The van der Waals surface area contributed by atoms with Gasteiger partial charge in [0.2, 0.25) is 5.91 Å². The lowest BCUT2D eigenvalue weighted by atomic mass is 9.91. The summed E-state index contributed by atoms with van der Waals surface area (Å²) in [6.45, 7) is 2.38. The number of nitrogens with zero attached hydrogens (tertiary/aromatic N) is 2. The van der Waals surface area contributed by atoms with Crippen LogP contribution in [0, 0.1) is 5.92 Å². The van der Waals surface area contributed by atoms with Crippen molar-refractivity contribution < 1.29 is 4.79 Å². The van der Waals surface area contributed by atoms with Gasteiger partial charge in [0.1, 0.15) is 0 Å². The average Bonchev–Trinajstić information content (AvgIpc) is 3.52. The largest absolute Gasteiger partial charge is 0.355 e. The summed E-state index contributed by atoms with van der Waals surface area (Å²) in [5.41, 5.74) is 2.57. The first-order chi connectivity index (χ1) is 15.2. The number of hydrogen-bond acceptors (Lipinski definition) is 2. The summed E-state index contributed by atoms with van der Waals surface area (Å²) in [6.07, 6.45) is 5.51. The number of benzene rings is 2. The normalized spacial score (nSPS) is 19.1. The van der Waals surface area contributed by atoms with Crippen molar-refractivity contribution in [2.45, 2.75) is 44.1 Å². The van der Waals surface area contributed by atoms with Gasteiger partial charge in [-0.1, -0.05) is 73.5 Å². The summed E-state index contributed by atoms with van der Waals surface area (Å²) in [5, 5.41) is 7.07. The van der Waals surface area contributed by atoms with Crippen molar-refractivity contribution in [1.82, 2.24) is 15.5 Å². The third-order valence-corrected chi connectivity index (χ3v) is 6.65. The van der Waals surface area contributed by atoms with Gasteiger partial charge in [-0.15, -0.1) is 24.0 Å². The highest BCUT2D eigenvalue weighted by Gasteiger charge is 2.32. The maximum atomic E-state index is 12.7. The number of hydrogen-bond donors (Lipinski definition) is 2. The smallest absolute Gasteiger partial charge is 0.225 e. The van der Waals surface area contributed by atoms with Gasteiger partial charge in [-0.05, 0) is 30.4 Å². The third-order valence-electron chi connectivity index (χ3n) is 6.65. The van der Waals surface area contributed by atoms with Gasteiger partial charge in [0.15, 0.2) is 5.96 Å². The molecule has 1 heterocycles. The molecular formula is C26H35IN4O. The standard InChI is InChI=1S/C26H34N4O.HI/c1-27-26(29-23-16-17-30(19-23)25(31)22-14-8-9-15-22)28-18-24(20-10-4-2-5-11-20)21-12-6-3-7-13-21;/h2-7,10-13,22-24H,8-9,14-19H2,1H3,(H2,27,28,29);1H. The Balaban J connectivity index is 0.00000289. The summed E-state index contributed by atoms with van der Waals surface area (Å²) in [5.74, 6) is 1.66. The number of aliphatic imine (C=N–C) groups is 1. The highest BCUT2D eigenvalue weighted by atomic mass is 127. The van der Waals surface area contributed by atoms with Crippen LogP contribution in [-0.4, -0.2) is 49.5 Å². The minimum Gasteiger partial charge on any atom is -0.355 e. The Bertz CT molecular complexity index is 828. The zero-order valence-electron chi connectivity index (χ0n) is 18.9. The second kappa shape index (κ2) is 12.2. The molecule has 2 aromatic rings. The Morgan fingerprint density at radius 1 is 1.00 bits per heavy atom. The first kappa shape index (κ1) is 24.6. The van der Waals surface area contributed by atoms with E-state index in [9.17, 15) is 4.79 Å². The number of guanidine groups is 1. The second-order valence-electron chi connectivity index (χ2n) is 8.72. The first-order valence-corrected chi connectivity index (χ1v) is 11.6. The van der Waals surface area contributed by atoms with E-state index in [1.54, 1.807) is 0 Å². The molecule has 5 nitrogen and oxygen atoms in total. The quantitative estimate of drug-likeness (QED) is 0.321. The zero-order valence-corrected chi connectivity index (χ0v) is 21.2. The number of carbonyl (C=O) groups is 1. The lowest BCUT2D eigenvalue weighted by Gasteiger charge is -2.23. The SMILES string of the molecule is CN=C(NCC(c1ccccc1)c1ccccc1)NC1CCN(C(=O)C2CCCC2)C1.I. The van der Waals surface area contributed by atoms with E-state index in [0.29, 0.717) is 5.91 Å². The molecular weight excluding hydrogens is 511 g/mol. The van der Waals surface area contributed by atoms with Crippen molar-refractivity contribution in [2.75, 3.05) is 26.7 Å². The molecule has 0 spiro atoms. The molecule has 1 aliphatic carbocycles. The van der Waals surface area contributed by atoms with Crippen molar-refractivity contribution in [1.29, 1.82) is 0 Å². The van der Waals surface area contributed by atoms with Crippen molar-refractivity contribution >= 4 is 35.8 Å². The minimum absolute atomic E-state index is 0. The average molecular weight is 546 g/mol. The van der Waals surface area contributed by atoms with Gasteiger partial charge in [0, 0.05) is 44.6 Å². The van der Waals surface area contributed by atoms with Crippen molar-refractivity contribution in [3.63, 3.8) is 0 Å². The van der Waals surface area contributed by atoms with Gasteiger partial charge in [-0.25, -0.2) is 0 Å². The molecule has 1 saturated carbocycles. The van der Waals surface area contributed by atoms with E-state index in [1.165, 1.54) is 24.0 Å². The van der Waals surface area contributed by atoms with E-state index in [0.717, 1.165) is 44.9 Å². The molecule has 0 bridgehead atoms. The van der Waals surface area contributed by atoms with Crippen LogP contribution in [0.3, 0.4) is 0 Å². The maximum absolute atomic E-state index is 12.7. The van der Waals surface area contributed by atoms with Crippen LogP contribution in [0.2, 0.25) is 0 Å². The van der Waals surface area contributed by atoms with Crippen LogP contribution in [0.4, 0.5) is 0 Å². The second-order valence-corrected chi connectivity index (χ2v) is 8.72. The Morgan fingerprint density at radius 2 is 1.59 bits per heavy atom. The van der Waals surface area contributed by atoms with Gasteiger partial charge in [0.05, 0.1) is 0 Å². The Kier molecular flexibility index (Phi) is 9.38. The molecule has 1 saturated heterocycles. The summed E-state index contributed by atoms with van der Waals surface area (Å²) in [4.78, 5) is 19.2. The van der Waals surface area contributed by atoms with E-state index in [2.05, 4.69) is 81.2 Å². The fourth-order valence-corrected chi connectivity index (χ4v) is 4.89. The van der Waals surface area contributed by atoms with Crippen LogP contribution in [-0.2, 0) is 4.79 Å². The van der Waals surface area contributed by atoms with E-state index < -0.39 is 0 Å². The number of likely N-dealkylation sites (tertiary alicyclic amines) is 1. The highest BCUT2D eigenvalue weighted by Crippen LogP contribution is 2.28. The van der Waals surface area contributed by atoms with Crippen molar-refractivity contribution in [3.05, 3.63) is 71.8 Å². The molecule has 2 aromatic carbocycles. The molecule has 2 fully saturated rings. The maximum Gasteiger partial charge on any atom is 0.225 e. The Hall–Kier alpha value is -2.09. The van der Waals surface area contributed by atoms with Gasteiger partial charge in [-0.2, -0.15) is 0 Å². The van der Waals surface area contributed by atoms with Crippen LogP contribution in [0.15, 0.2) is 65.7 Å². The fraction of sp³-hybridized carbons (Fsp3) is 0.462. The van der Waals surface area contributed by atoms with Crippen molar-refractivity contribution in [3.8, 4) is 0 Å². The van der Waals surface area contributed by atoms with Gasteiger partial charge in [-0.3, -0.25) is 9.79 Å². The summed E-state index contributed by atoms with van der Waals surface area (Å²) in [7, 11) is 1.81. The van der Waals surface area contributed by atoms with E-state index in [1.807, 2.05) is 7.05 Å². The molecule has 32 heavy (non-hydrogen) atoms. The third kappa shape index (κ3) is 6.24. The van der Waals surface area contributed by atoms with Crippen molar-refractivity contribution in [2.24, 2.45) is 10.9 Å². The predicted octanol–water partition coefficient (Wildman–Crippen LogP) is 4.39. The minimum atomic E-state index is 0. The molecule has 1 aliphatic heterocycles. The summed E-state index contributed by atoms with van der Waals surface area (Å²) < 4.78 is 0. The Labute approximate surface area is 209 Å². The van der Waals surface area contributed by atoms with Crippen LogP contribution in [0.5, 0.6) is 0 Å². The first-order valence-electron chi connectivity index (χ1n) is 11.6. The van der Waals surface area contributed by atoms with Gasteiger partial charge in [0.25, 0.3) is 0 Å². The Morgan fingerprint density at radius 3 is 2.16 bits per heavy atom. The molecule has 6 heteroatoms. The fourth-order valence-electron chi connectivity index (χ4n) is 4.89. The van der Waals surface area contributed by atoms with E-state index >= 15 is 0 Å². The molecule has 172 valence electrons. The van der Waals surface area contributed by atoms with Crippen LogP contribution < -0.4 is 10.6 Å². The van der Waals surface area contributed by atoms with E-state index in [-0.39, 0.29) is 41.9 Å². The van der Waals surface area contributed by atoms with Crippen LogP contribution in [0.25, 0.3) is 0 Å². The number of amides is 1. The molecule has 0 aromatic heterocycles. The number of nitrogens with one attached hydrogen (secondary N) is 2. The van der Waals surface area contributed by atoms with Gasteiger partial charge >= 0.3 is 0 Å². The molecule has 1 atom stereocenters. The molecule has 0 radical (unpaired) electrons. The molecule has 4 rings (SSSR count). The monoisotopic (exact) mass is 546 g/mol. The molecule has 2 N–H and O–H groups in total. The zero-order chi connectivity index (χ0) is 21.5. The lowest BCUT2D eigenvalue weighted by Crippen LogP contribution is -2.46. The molecule has 2 aliphatic rings. The number of halogens is 1. The summed E-state index contributed by atoms with van der Waals surface area (Å²) in [6, 6.07) is 21.4. The highest BCUT2D eigenvalue weighted by molar-refractivity contribution is 14.0. The molecule has 1 amide bonds. The summed E-state index contributed by atoms with van der Waals surface area (Å²) >= 11 is 0. The topological polar surface area (TPSA) is 56.7 Å². The predicted molar refractivity (Wildman–Crippen MR) is 142 cm³/mol. The lowest BCUT2D eigenvalue weighted by molar-refractivity contribution is -0.134. The molecule has 1 unspecified atom stereocenters. The van der Waals surface area contributed by atoms with Crippen LogP contribution in [0.1, 0.15) is 49.1 Å².